The quantitative estimate of drug-likeness (QED) is 0.750. The minimum absolute atomic E-state index is 0.169. The topological polar surface area (TPSA) is 74.6 Å². The van der Waals surface area contributed by atoms with Crippen molar-refractivity contribution in [2.75, 3.05) is 11.9 Å². The molecule has 1 fully saturated rings. The molecule has 1 aromatic rings. The van der Waals surface area contributed by atoms with Crippen molar-refractivity contribution in [3.63, 3.8) is 0 Å². The summed E-state index contributed by atoms with van der Waals surface area (Å²) >= 11 is 0. The second-order valence-corrected chi connectivity index (χ2v) is 4.34. The fourth-order valence-corrected chi connectivity index (χ4v) is 2.19. The van der Waals surface area contributed by atoms with Gasteiger partial charge in [-0.3, -0.25) is 10.3 Å². The van der Waals surface area contributed by atoms with Crippen LogP contribution in [0.15, 0.2) is 17.3 Å². The van der Waals surface area contributed by atoms with Crippen molar-refractivity contribution in [1.29, 1.82) is 0 Å². The zero-order valence-electron chi connectivity index (χ0n) is 8.60. The van der Waals surface area contributed by atoms with Gasteiger partial charge in [0.15, 0.2) is 0 Å². The van der Waals surface area contributed by atoms with E-state index in [-0.39, 0.29) is 5.41 Å². The number of rotatable bonds is 1. The first-order valence-corrected chi connectivity index (χ1v) is 5.20. The van der Waals surface area contributed by atoms with Gasteiger partial charge in [-0.05, 0) is 24.5 Å². The van der Waals surface area contributed by atoms with Crippen LogP contribution in [0, 0.1) is 0 Å². The number of pyridine rings is 1. The SMILES string of the molecule is O=C(O)Nc1cc2c(cn1)C=NCC21CC1. The molecule has 1 aliphatic heterocycles. The van der Waals surface area contributed by atoms with E-state index in [0.29, 0.717) is 5.82 Å². The summed E-state index contributed by atoms with van der Waals surface area (Å²) in [6.45, 7) is 0.816. The van der Waals surface area contributed by atoms with E-state index in [1.807, 2.05) is 12.3 Å². The summed E-state index contributed by atoms with van der Waals surface area (Å²) in [6, 6.07) is 1.83. The van der Waals surface area contributed by atoms with Crippen LogP contribution in [0.5, 0.6) is 0 Å². The van der Waals surface area contributed by atoms with E-state index in [2.05, 4.69) is 15.3 Å². The molecule has 1 amide bonds. The summed E-state index contributed by atoms with van der Waals surface area (Å²) in [5.74, 6) is 0.396. The smallest absolute Gasteiger partial charge is 0.410 e. The van der Waals surface area contributed by atoms with Crippen LogP contribution < -0.4 is 5.32 Å². The minimum atomic E-state index is -1.08. The fourth-order valence-electron chi connectivity index (χ4n) is 2.19. The van der Waals surface area contributed by atoms with E-state index in [4.69, 9.17) is 5.11 Å². The molecule has 16 heavy (non-hydrogen) atoms. The standard InChI is InChI=1S/C11H11N3O2/c15-10(16)14-9-3-8-7(5-13-9)4-12-6-11(8)1-2-11/h3-5H,1-2,6H2,(H,13,14)(H,15,16). The molecule has 0 bridgehead atoms. The first-order valence-electron chi connectivity index (χ1n) is 5.20. The normalized spacial score (nSPS) is 19.2. The van der Waals surface area contributed by atoms with Crippen LogP contribution in [0.25, 0.3) is 0 Å². The maximum Gasteiger partial charge on any atom is 0.410 e. The summed E-state index contributed by atoms with van der Waals surface area (Å²) in [4.78, 5) is 18.9. The highest BCUT2D eigenvalue weighted by atomic mass is 16.4. The zero-order chi connectivity index (χ0) is 11.2. The molecule has 1 saturated carbocycles. The van der Waals surface area contributed by atoms with Gasteiger partial charge in [0.25, 0.3) is 0 Å². The molecule has 0 atom stereocenters. The van der Waals surface area contributed by atoms with E-state index in [9.17, 15) is 4.79 Å². The molecule has 0 aromatic carbocycles. The van der Waals surface area contributed by atoms with Gasteiger partial charge >= 0.3 is 6.09 Å². The third kappa shape index (κ3) is 1.36. The van der Waals surface area contributed by atoms with Gasteiger partial charge < -0.3 is 5.11 Å². The summed E-state index contributed by atoms with van der Waals surface area (Å²) < 4.78 is 0. The number of fused-ring (bicyclic) bond motifs is 2. The summed E-state index contributed by atoms with van der Waals surface area (Å²) in [5.41, 5.74) is 2.36. The third-order valence-corrected chi connectivity index (χ3v) is 3.22. The van der Waals surface area contributed by atoms with Crippen molar-refractivity contribution in [2.45, 2.75) is 18.3 Å². The van der Waals surface area contributed by atoms with Crippen molar-refractivity contribution >= 4 is 18.1 Å². The van der Waals surface area contributed by atoms with E-state index < -0.39 is 6.09 Å². The Hall–Kier alpha value is -1.91. The average Bonchev–Trinajstić information content (AvgIpc) is 3.00. The lowest BCUT2D eigenvalue weighted by atomic mass is 9.91. The summed E-state index contributed by atoms with van der Waals surface area (Å²) in [5, 5.41) is 10.9. The Labute approximate surface area is 92.2 Å². The van der Waals surface area contributed by atoms with Crippen LogP contribution in [-0.4, -0.2) is 28.9 Å². The molecule has 1 spiro atoms. The average molecular weight is 217 g/mol. The molecule has 0 saturated heterocycles. The van der Waals surface area contributed by atoms with Crippen molar-refractivity contribution < 1.29 is 9.90 Å². The van der Waals surface area contributed by atoms with Gasteiger partial charge in [-0.1, -0.05) is 0 Å². The van der Waals surface area contributed by atoms with Crippen molar-refractivity contribution in [2.24, 2.45) is 4.99 Å². The first kappa shape index (κ1) is 9.33. The van der Waals surface area contributed by atoms with Crippen LogP contribution in [-0.2, 0) is 5.41 Å². The minimum Gasteiger partial charge on any atom is -0.465 e. The monoisotopic (exact) mass is 217 g/mol. The fraction of sp³-hybridized carbons (Fsp3) is 0.364. The lowest BCUT2D eigenvalue weighted by molar-refractivity contribution is 0.209. The van der Waals surface area contributed by atoms with Gasteiger partial charge in [0, 0.05) is 29.9 Å². The van der Waals surface area contributed by atoms with Crippen LogP contribution >= 0.6 is 0 Å². The van der Waals surface area contributed by atoms with E-state index in [1.165, 1.54) is 5.56 Å². The van der Waals surface area contributed by atoms with Crippen LogP contribution in [0.2, 0.25) is 0 Å². The number of carboxylic acid groups (broad SMARTS) is 1. The first-order chi connectivity index (χ1) is 7.70. The molecular weight excluding hydrogens is 206 g/mol. The Bertz CT molecular complexity index is 492. The van der Waals surface area contributed by atoms with Crippen molar-refractivity contribution in [1.82, 2.24) is 4.98 Å². The second kappa shape index (κ2) is 3.04. The number of hydrogen-bond acceptors (Lipinski definition) is 3. The molecule has 2 N–H and O–H groups in total. The lowest BCUT2D eigenvalue weighted by Crippen LogP contribution is -2.19. The predicted octanol–water partition coefficient (Wildman–Crippen LogP) is 1.64. The van der Waals surface area contributed by atoms with Gasteiger partial charge in [-0.15, -0.1) is 0 Å². The van der Waals surface area contributed by atoms with Crippen LogP contribution in [0.4, 0.5) is 10.6 Å². The summed E-state index contributed by atoms with van der Waals surface area (Å²) in [7, 11) is 0. The number of amides is 1. The van der Waals surface area contributed by atoms with Gasteiger partial charge in [0.2, 0.25) is 0 Å². The Morgan fingerprint density at radius 2 is 2.31 bits per heavy atom. The van der Waals surface area contributed by atoms with Crippen LogP contribution in [0.1, 0.15) is 24.0 Å². The Balaban J connectivity index is 2.03. The molecular formula is C11H11N3O2. The van der Waals surface area contributed by atoms with E-state index in [1.54, 1.807) is 6.20 Å². The second-order valence-electron chi connectivity index (χ2n) is 4.34. The molecule has 5 heteroatoms. The number of carbonyl (C=O) groups is 1. The van der Waals surface area contributed by atoms with Crippen molar-refractivity contribution in [3.05, 3.63) is 23.4 Å². The number of nitrogens with one attached hydrogen (secondary N) is 1. The molecule has 5 nitrogen and oxygen atoms in total. The van der Waals surface area contributed by atoms with Crippen molar-refractivity contribution in [3.8, 4) is 0 Å². The van der Waals surface area contributed by atoms with E-state index in [0.717, 1.165) is 24.9 Å². The highest BCUT2D eigenvalue weighted by Crippen LogP contribution is 2.50. The Morgan fingerprint density at radius 1 is 1.50 bits per heavy atom. The number of aliphatic imine (C=N–C) groups is 1. The molecule has 0 radical (unpaired) electrons. The predicted molar refractivity (Wildman–Crippen MR) is 59.3 cm³/mol. The molecule has 3 rings (SSSR count). The maximum atomic E-state index is 10.5. The molecule has 2 aliphatic rings. The van der Waals surface area contributed by atoms with E-state index >= 15 is 0 Å². The van der Waals surface area contributed by atoms with Gasteiger partial charge in [-0.25, -0.2) is 9.78 Å². The third-order valence-electron chi connectivity index (χ3n) is 3.22. The molecule has 1 aromatic heterocycles. The maximum absolute atomic E-state index is 10.5. The number of anilines is 1. The molecule has 1 aliphatic carbocycles. The van der Waals surface area contributed by atoms with Crippen LogP contribution in [0.3, 0.4) is 0 Å². The lowest BCUT2D eigenvalue weighted by Gasteiger charge is -2.20. The number of hydrogen-bond donors (Lipinski definition) is 2. The number of nitrogens with zero attached hydrogens (tertiary/aromatic N) is 2. The molecule has 0 unspecified atom stereocenters. The largest absolute Gasteiger partial charge is 0.465 e. The Morgan fingerprint density at radius 3 is 3.00 bits per heavy atom. The summed E-state index contributed by atoms with van der Waals surface area (Å²) in [6.07, 6.45) is 4.68. The highest BCUT2D eigenvalue weighted by molar-refractivity contribution is 5.86. The van der Waals surface area contributed by atoms with Gasteiger partial charge in [0.05, 0.1) is 0 Å². The van der Waals surface area contributed by atoms with Gasteiger partial charge in [0.1, 0.15) is 5.82 Å². The molecule has 82 valence electrons. The van der Waals surface area contributed by atoms with Gasteiger partial charge in [-0.2, -0.15) is 0 Å². The zero-order valence-corrected chi connectivity index (χ0v) is 8.60. The Kier molecular flexibility index (Phi) is 1.77. The molecule has 2 heterocycles. The number of aromatic nitrogens is 1. The highest BCUT2D eigenvalue weighted by Gasteiger charge is 2.46.